The molecule has 0 aliphatic carbocycles. The lowest BCUT2D eigenvalue weighted by Gasteiger charge is -2.23. The molecule has 2 N–H and O–H groups in total. The van der Waals surface area contributed by atoms with E-state index < -0.39 is 23.5 Å². The predicted octanol–water partition coefficient (Wildman–Crippen LogP) is 4.50. The van der Waals surface area contributed by atoms with Gasteiger partial charge >= 0.3 is 5.97 Å². The van der Waals surface area contributed by atoms with Crippen molar-refractivity contribution in [1.82, 2.24) is 4.57 Å². The SMILES string of the molecule is COc1cn([C@@H](C[C@@H]2CCCO2)C(=O)Nc2ccc(C(=O)O)cc2)c(=O)cc1-c1cc(Cl)ccc1C#N. The first-order valence-corrected chi connectivity index (χ1v) is 11.9. The highest BCUT2D eigenvalue weighted by Gasteiger charge is 2.29. The first kappa shape index (κ1) is 25.9. The van der Waals surface area contributed by atoms with E-state index in [1.54, 1.807) is 18.2 Å². The van der Waals surface area contributed by atoms with Gasteiger partial charge < -0.3 is 19.9 Å². The van der Waals surface area contributed by atoms with Crippen LogP contribution < -0.4 is 15.6 Å². The molecule has 1 aliphatic rings. The number of nitriles is 1. The van der Waals surface area contributed by atoms with Crippen molar-refractivity contribution in [3.8, 4) is 22.9 Å². The van der Waals surface area contributed by atoms with E-state index in [0.29, 0.717) is 34.0 Å². The summed E-state index contributed by atoms with van der Waals surface area (Å²) >= 11 is 6.15. The number of carboxylic acid groups (broad SMARTS) is 1. The molecular weight excluding hydrogens is 498 g/mol. The monoisotopic (exact) mass is 521 g/mol. The molecule has 0 unspecified atom stereocenters. The van der Waals surface area contributed by atoms with Crippen LogP contribution in [0.5, 0.6) is 5.75 Å². The average Bonchev–Trinajstić information content (AvgIpc) is 3.41. The molecule has 1 saturated heterocycles. The van der Waals surface area contributed by atoms with Crippen LogP contribution in [-0.2, 0) is 9.53 Å². The van der Waals surface area contributed by atoms with Gasteiger partial charge in [-0.1, -0.05) is 11.6 Å². The average molecular weight is 522 g/mol. The Morgan fingerprint density at radius 3 is 2.62 bits per heavy atom. The van der Waals surface area contributed by atoms with Crippen LogP contribution in [0.25, 0.3) is 11.1 Å². The van der Waals surface area contributed by atoms with Gasteiger partial charge in [0.2, 0.25) is 5.91 Å². The van der Waals surface area contributed by atoms with Crippen LogP contribution >= 0.6 is 11.6 Å². The molecule has 1 fully saturated rings. The first-order chi connectivity index (χ1) is 17.8. The van der Waals surface area contributed by atoms with E-state index in [9.17, 15) is 19.6 Å². The number of amides is 1. The molecule has 10 heteroatoms. The number of pyridine rings is 1. The number of anilines is 1. The summed E-state index contributed by atoms with van der Waals surface area (Å²) in [6.07, 6.45) is 3.11. The molecule has 2 atom stereocenters. The van der Waals surface area contributed by atoms with Crippen LogP contribution in [0.3, 0.4) is 0 Å². The van der Waals surface area contributed by atoms with Crippen LogP contribution in [-0.4, -0.2) is 41.4 Å². The van der Waals surface area contributed by atoms with Crippen LogP contribution in [0.4, 0.5) is 5.69 Å². The van der Waals surface area contributed by atoms with Gasteiger partial charge in [-0.15, -0.1) is 0 Å². The molecule has 37 heavy (non-hydrogen) atoms. The Morgan fingerprint density at radius 2 is 2.00 bits per heavy atom. The van der Waals surface area contributed by atoms with Crippen molar-refractivity contribution < 1.29 is 24.2 Å². The van der Waals surface area contributed by atoms with E-state index in [2.05, 4.69) is 11.4 Å². The lowest BCUT2D eigenvalue weighted by molar-refractivity contribution is -0.120. The van der Waals surface area contributed by atoms with Gasteiger partial charge in [0.05, 0.1) is 36.6 Å². The van der Waals surface area contributed by atoms with Gasteiger partial charge in [-0.3, -0.25) is 14.2 Å². The van der Waals surface area contributed by atoms with Crippen molar-refractivity contribution >= 4 is 29.2 Å². The number of carbonyl (C=O) groups is 2. The molecule has 0 saturated carbocycles. The summed E-state index contributed by atoms with van der Waals surface area (Å²) in [5.41, 5.74) is 1.14. The molecule has 0 spiro atoms. The Morgan fingerprint density at radius 1 is 1.24 bits per heavy atom. The van der Waals surface area contributed by atoms with Crippen molar-refractivity contribution in [2.75, 3.05) is 19.0 Å². The minimum Gasteiger partial charge on any atom is -0.495 e. The lowest BCUT2D eigenvalue weighted by atomic mass is 9.99. The number of carboxylic acids is 1. The standard InChI is InChI=1S/C27H24ClN3O6/c1-36-24-15-31(25(32)13-22(24)21-11-18(28)7-4-17(21)14-29)23(12-20-3-2-10-37-20)26(33)30-19-8-5-16(6-9-19)27(34)35/h4-9,11,13,15,20,23H,2-3,10,12H2,1H3,(H,30,33)(H,34,35)/t20-,23-/m0/s1. The maximum absolute atomic E-state index is 13.4. The number of benzene rings is 2. The third-order valence-electron chi connectivity index (χ3n) is 6.20. The van der Waals surface area contributed by atoms with Crippen molar-refractivity contribution in [1.29, 1.82) is 5.26 Å². The summed E-state index contributed by atoms with van der Waals surface area (Å²) < 4.78 is 12.6. The van der Waals surface area contributed by atoms with Gasteiger partial charge in [0.15, 0.2) is 0 Å². The lowest BCUT2D eigenvalue weighted by Crippen LogP contribution is -2.35. The Balaban J connectivity index is 1.73. The number of aromatic nitrogens is 1. The van der Waals surface area contributed by atoms with Gasteiger partial charge in [-0.2, -0.15) is 5.26 Å². The van der Waals surface area contributed by atoms with Crippen LogP contribution in [0.1, 0.15) is 41.2 Å². The molecule has 0 bridgehead atoms. The number of methoxy groups -OCH3 is 1. The number of ether oxygens (including phenoxy) is 2. The number of halogens is 1. The van der Waals surface area contributed by atoms with E-state index in [4.69, 9.17) is 26.2 Å². The molecular formula is C27H24ClN3O6. The van der Waals surface area contributed by atoms with Crippen LogP contribution in [0, 0.1) is 11.3 Å². The molecule has 0 radical (unpaired) electrons. The van der Waals surface area contributed by atoms with E-state index in [-0.39, 0.29) is 23.8 Å². The summed E-state index contributed by atoms with van der Waals surface area (Å²) in [6, 6.07) is 12.9. The number of aromatic carboxylic acids is 1. The highest BCUT2D eigenvalue weighted by Crippen LogP contribution is 2.34. The summed E-state index contributed by atoms with van der Waals surface area (Å²) in [5, 5.41) is 21.8. The summed E-state index contributed by atoms with van der Waals surface area (Å²) in [4.78, 5) is 37.9. The minimum atomic E-state index is -1.08. The fourth-order valence-corrected chi connectivity index (χ4v) is 4.50. The highest BCUT2D eigenvalue weighted by molar-refractivity contribution is 6.31. The molecule has 1 aliphatic heterocycles. The zero-order chi connectivity index (χ0) is 26.5. The maximum Gasteiger partial charge on any atom is 0.335 e. The van der Waals surface area contributed by atoms with Crippen molar-refractivity contribution in [3.63, 3.8) is 0 Å². The van der Waals surface area contributed by atoms with Gasteiger partial charge in [0.1, 0.15) is 11.8 Å². The highest BCUT2D eigenvalue weighted by atomic mass is 35.5. The quantitative estimate of drug-likeness (QED) is 0.446. The zero-order valence-electron chi connectivity index (χ0n) is 19.9. The third kappa shape index (κ3) is 5.82. The maximum atomic E-state index is 13.4. The van der Waals surface area contributed by atoms with Crippen molar-refractivity contribution in [2.24, 2.45) is 0 Å². The molecule has 1 aromatic heterocycles. The van der Waals surface area contributed by atoms with E-state index in [1.165, 1.54) is 48.2 Å². The van der Waals surface area contributed by atoms with Gasteiger partial charge in [-0.25, -0.2) is 4.79 Å². The number of nitrogens with zero attached hydrogens (tertiary/aromatic N) is 2. The molecule has 1 amide bonds. The number of rotatable bonds is 8. The second kappa shape index (κ2) is 11.3. The van der Waals surface area contributed by atoms with E-state index in [0.717, 1.165) is 12.8 Å². The Hall–Kier alpha value is -4.13. The molecule has 9 nitrogen and oxygen atoms in total. The molecule has 2 heterocycles. The molecule has 2 aromatic carbocycles. The topological polar surface area (TPSA) is 131 Å². The molecule has 3 aromatic rings. The van der Waals surface area contributed by atoms with Crippen molar-refractivity contribution in [2.45, 2.75) is 31.4 Å². The van der Waals surface area contributed by atoms with E-state index >= 15 is 0 Å². The van der Waals surface area contributed by atoms with Gasteiger partial charge in [0.25, 0.3) is 5.56 Å². The fourth-order valence-electron chi connectivity index (χ4n) is 4.33. The zero-order valence-corrected chi connectivity index (χ0v) is 20.7. The Bertz CT molecular complexity index is 1420. The fraction of sp³-hybridized carbons (Fsp3) is 0.259. The first-order valence-electron chi connectivity index (χ1n) is 11.6. The number of nitrogens with one attached hydrogen (secondary N) is 1. The Kier molecular flexibility index (Phi) is 7.92. The van der Waals surface area contributed by atoms with Gasteiger partial charge in [0, 0.05) is 40.9 Å². The number of hydrogen-bond acceptors (Lipinski definition) is 6. The van der Waals surface area contributed by atoms with Crippen molar-refractivity contribution in [3.05, 3.63) is 81.2 Å². The Labute approximate surface area is 217 Å². The summed E-state index contributed by atoms with van der Waals surface area (Å²) in [7, 11) is 1.43. The minimum absolute atomic E-state index is 0.0863. The predicted molar refractivity (Wildman–Crippen MR) is 137 cm³/mol. The smallest absolute Gasteiger partial charge is 0.335 e. The number of carbonyl (C=O) groups excluding carboxylic acids is 1. The largest absolute Gasteiger partial charge is 0.495 e. The molecule has 4 rings (SSSR count). The molecule has 190 valence electrons. The van der Waals surface area contributed by atoms with E-state index in [1.807, 2.05) is 0 Å². The second-order valence-electron chi connectivity index (χ2n) is 8.56. The third-order valence-corrected chi connectivity index (χ3v) is 6.44. The summed E-state index contributed by atoms with van der Waals surface area (Å²) in [5.74, 6) is -1.25. The number of hydrogen-bond donors (Lipinski definition) is 2. The van der Waals surface area contributed by atoms with Crippen LogP contribution in [0.15, 0.2) is 59.5 Å². The normalized spacial score (nSPS) is 15.5. The summed E-state index contributed by atoms with van der Waals surface area (Å²) in [6.45, 7) is 0.582. The van der Waals surface area contributed by atoms with Gasteiger partial charge in [-0.05, 0) is 55.3 Å². The van der Waals surface area contributed by atoms with Crippen LogP contribution in [0.2, 0.25) is 5.02 Å². The second-order valence-corrected chi connectivity index (χ2v) is 9.00.